The summed E-state index contributed by atoms with van der Waals surface area (Å²) >= 11 is 0. The number of anilines is 2. The third-order valence-electron chi connectivity index (χ3n) is 4.83. The number of fused-ring (bicyclic) bond motifs is 1. The van der Waals surface area contributed by atoms with Crippen LogP contribution in [-0.2, 0) is 22.6 Å². The summed E-state index contributed by atoms with van der Waals surface area (Å²) in [5.74, 6) is 0.229. The van der Waals surface area contributed by atoms with Crippen LogP contribution in [0.3, 0.4) is 0 Å². The normalized spacial score (nSPS) is 11.7. The molecule has 1 aliphatic rings. The van der Waals surface area contributed by atoms with Gasteiger partial charge in [-0.05, 0) is 41.5 Å². The summed E-state index contributed by atoms with van der Waals surface area (Å²) in [5, 5.41) is 8.32. The summed E-state index contributed by atoms with van der Waals surface area (Å²) in [6, 6.07) is 18.9. The van der Waals surface area contributed by atoms with Crippen LogP contribution in [0.5, 0.6) is 11.5 Å². The van der Waals surface area contributed by atoms with Crippen LogP contribution in [0.2, 0.25) is 0 Å². The average Bonchev–Trinajstić information content (AvgIpc) is 3.27. The molecular formula is C24H22FN3O4. The second kappa shape index (κ2) is 9.82. The van der Waals surface area contributed by atoms with Crippen molar-refractivity contribution in [2.24, 2.45) is 0 Å². The minimum absolute atomic E-state index is 0.00636. The number of ether oxygens (including phenoxy) is 2. The molecule has 0 spiro atoms. The van der Waals surface area contributed by atoms with E-state index in [9.17, 15) is 14.0 Å². The number of nitrogens with one attached hydrogen (secondary N) is 3. The van der Waals surface area contributed by atoms with Crippen molar-refractivity contribution in [1.29, 1.82) is 0 Å². The molecule has 0 aliphatic carbocycles. The molecule has 2 amide bonds. The third-order valence-corrected chi connectivity index (χ3v) is 4.83. The van der Waals surface area contributed by atoms with Crippen molar-refractivity contribution in [3.05, 3.63) is 83.7 Å². The van der Waals surface area contributed by atoms with Gasteiger partial charge in [-0.15, -0.1) is 0 Å². The largest absolute Gasteiger partial charge is 0.454 e. The van der Waals surface area contributed by atoms with Crippen LogP contribution < -0.4 is 25.4 Å². The molecule has 3 aromatic carbocycles. The number of carbonyl (C=O) groups is 2. The Bertz CT molecular complexity index is 1120. The summed E-state index contributed by atoms with van der Waals surface area (Å²) in [7, 11) is 0. The fourth-order valence-electron chi connectivity index (χ4n) is 3.20. The Labute approximate surface area is 184 Å². The summed E-state index contributed by atoms with van der Waals surface area (Å²) in [6.07, 6.45) is 0.139. The van der Waals surface area contributed by atoms with Gasteiger partial charge in [-0.2, -0.15) is 0 Å². The summed E-state index contributed by atoms with van der Waals surface area (Å²) in [5.41, 5.74) is 2.28. The predicted molar refractivity (Wildman–Crippen MR) is 118 cm³/mol. The predicted octanol–water partition coefficient (Wildman–Crippen LogP) is 3.46. The van der Waals surface area contributed by atoms with Gasteiger partial charge in [-0.1, -0.05) is 36.4 Å². The minimum Gasteiger partial charge on any atom is -0.454 e. The van der Waals surface area contributed by atoms with Gasteiger partial charge in [0.15, 0.2) is 11.5 Å². The maximum Gasteiger partial charge on any atom is 0.239 e. The molecule has 7 nitrogen and oxygen atoms in total. The van der Waals surface area contributed by atoms with Crippen LogP contribution in [0.25, 0.3) is 0 Å². The molecule has 0 bridgehead atoms. The van der Waals surface area contributed by atoms with E-state index in [1.165, 1.54) is 18.2 Å². The summed E-state index contributed by atoms with van der Waals surface area (Å²) in [6.45, 7) is 0.524. The number of hydrogen-bond donors (Lipinski definition) is 3. The highest BCUT2D eigenvalue weighted by atomic mass is 19.1. The van der Waals surface area contributed by atoms with Gasteiger partial charge in [0.1, 0.15) is 5.82 Å². The molecule has 1 aliphatic heterocycles. The van der Waals surface area contributed by atoms with E-state index in [1.54, 1.807) is 6.07 Å². The first-order valence-corrected chi connectivity index (χ1v) is 10.1. The molecule has 8 heteroatoms. The van der Waals surface area contributed by atoms with E-state index in [-0.39, 0.29) is 37.3 Å². The van der Waals surface area contributed by atoms with E-state index in [4.69, 9.17) is 9.47 Å². The van der Waals surface area contributed by atoms with E-state index in [0.29, 0.717) is 23.7 Å². The summed E-state index contributed by atoms with van der Waals surface area (Å²) in [4.78, 5) is 24.4. The van der Waals surface area contributed by atoms with Crippen LogP contribution in [0.1, 0.15) is 11.1 Å². The Morgan fingerprint density at radius 3 is 2.53 bits per heavy atom. The van der Waals surface area contributed by atoms with Gasteiger partial charge in [0, 0.05) is 12.2 Å². The first-order valence-electron chi connectivity index (χ1n) is 10.1. The molecule has 3 N–H and O–H groups in total. The van der Waals surface area contributed by atoms with Crippen molar-refractivity contribution in [2.75, 3.05) is 24.0 Å². The van der Waals surface area contributed by atoms with E-state index >= 15 is 0 Å². The highest BCUT2D eigenvalue weighted by molar-refractivity contribution is 5.93. The van der Waals surface area contributed by atoms with Crippen molar-refractivity contribution in [1.82, 2.24) is 5.32 Å². The van der Waals surface area contributed by atoms with E-state index in [0.717, 1.165) is 11.1 Å². The van der Waals surface area contributed by atoms with Gasteiger partial charge in [0.25, 0.3) is 0 Å². The fourth-order valence-corrected chi connectivity index (χ4v) is 3.20. The highest BCUT2D eigenvalue weighted by Gasteiger charge is 2.14. The maximum atomic E-state index is 14.1. The lowest BCUT2D eigenvalue weighted by Gasteiger charge is -2.11. The minimum atomic E-state index is -0.552. The Balaban J connectivity index is 1.27. The van der Waals surface area contributed by atoms with E-state index in [1.807, 2.05) is 42.5 Å². The van der Waals surface area contributed by atoms with Crippen LogP contribution in [0, 0.1) is 5.82 Å². The van der Waals surface area contributed by atoms with E-state index in [2.05, 4.69) is 16.0 Å². The molecule has 3 aromatic rings. The smallest absolute Gasteiger partial charge is 0.239 e. The van der Waals surface area contributed by atoms with Crippen molar-refractivity contribution in [3.8, 4) is 11.5 Å². The maximum absolute atomic E-state index is 14.1. The van der Waals surface area contributed by atoms with Gasteiger partial charge in [0.2, 0.25) is 18.6 Å². The Hall–Kier alpha value is -4.07. The first kappa shape index (κ1) is 21.2. The van der Waals surface area contributed by atoms with Gasteiger partial charge >= 0.3 is 0 Å². The van der Waals surface area contributed by atoms with Gasteiger partial charge in [0.05, 0.1) is 18.7 Å². The lowest BCUT2D eigenvalue weighted by Crippen LogP contribution is -2.29. The number of rotatable bonds is 8. The van der Waals surface area contributed by atoms with Gasteiger partial charge in [-0.3, -0.25) is 9.59 Å². The number of benzene rings is 3. The van der Waals surface area contributed by atoms with Crippen molar-refractivity contribution in [2.45, 2.75) is 13.0 Å². The molecule has 0 radical (unpaired) electrons. The van der Waals surface area contributed by atoms with Crippen molar-refractivity contribution < 1.29 is 23.5 Å². The molecule has 4 rings (SSSR count). The Kier molecular flexibility index (Phi) is 6.50. The fraction of sp³-hybridized carbons (Fsp3) is 0.167. The molecule has 32 heavy (non-hydrogen) atoms. The van der Waals surface area contributed by atoms with Crippen molar-refractivity contribution in [3.63, 3.8) is 0 Å². The zero-order valence-corrected chi connectivity index (χ0v) is 17.2. The highest BCUT2D eigenvalue weighted by Crippen LogP contribution is 2.32. The number of halogens is 1. The molecule has 0 unspecified atom stereocenters. The van der Waals surface area contributed by atoms with Crippen molar-refractivity contribution >= 4 is 23.2 Å². The molecule has 1 heterocycles. The molecule has 164 valence electrons. The molecule has 0 aromatic heterocycles. The standard InChI is InChI=1S/C24H22FN3O4/c25-19-8-7-18(12-20(19)28-23(29)11-16-4-2-1-3-5-16)26-14-24(30)27-13-17-6-9-21-22(10-17)32-15-31-21/h1-10,12,26H,11,13-15H2,(H,27,30)(H,28,29). The number of carbonyl (C=O) groups excluding carboxylic acids is 2. The third kappa shape index (κ3) is 5.54. The average molecular weight is 435 g/mol. The number of hydrogen-bond acceptors (Lipinski definition) is 5. The lowest BCUT2D eigenvalue weighted by atomic mass is 10.1. The Morgan fingerprint density at radius 2 is 1.69 bits per heavy atom. The molecular weight excluding hydrogens is 413 g/mol. The van der Waals surface area contributed by atoms with Gasteiger partial charge < -0.3 is 25.4 Å². The molecule has 0 saturated heterocycles. The zero-order valence-electron chi connectivity index (χ0n) is 17.2. The zero-order chi connectivity index (χ0) is 22.3. The van der Waals surface area contributed by atoms with Gasteiger partial charge in [-0.25, -0.2) is 4.39 Å². The van der Waals surface area contributed by atoms with Crippen LogP contribution in [0.15, 0.2) is 66.7 Å². The lowest BCUT2D eigenvalue weighted by molar-refractivity contribution is -0.119. The van der Waals surface area contributed by atoms with Crippen LogP contribution in [0.4, 0.5) is 15.8 Å². The SMILES string of the molecule is O=C(CNc1ccc(F)c(NC(=O)Cc2ccccc2)c1)NCc1ccc2c(c1)OCO2. The summed E-state index contributed by atoms with van der Waals surface area (Å²) < 4.78 is 24.7. The van der Waals surface area contributed by atoms with Crippen LogP contribution >= 0.6 is 0 Å². The topological polar surface area (TPSA) is 88.7 Å². The second-order valence-electron chi connectivity index (χ2n) is 7.22. The first-order chi connectivity index (χ1) is 15.6. The van der Waals surface area contributed by atoms with E-state index < -0.39 is 5.82 Å². The Morgan fingerprint density at radius 1 is 0.875 bits per heavy atom. The molecule has 0 atom stereocenters. The quantitative estimate of drug-likeness (QED) is 0.504. The monoisotopic (exact) mass is 435 g/mol. The molecule has 0 saturated carbocycles. The second-order valence-corrected chi connectivity index (χ2v) is 7.22. The number of amides is 2. The van der Waals surface area contributed by atoms with Crippen LogP contribution in [-0.4, -0.2) is 25.2 Å². The molecule has 0 fully saturated rings.